The van der Waals surface area contributed by atoms with Gasteiger partial charge in [0.1, 0.15) is 12.6 Å². The summed E-state index contributed by atoms with van der Waals surface area (Å²) in [4.78, 5) is 38.5. The number of nitrogens with one attached hydrogen (secondary N) is 1. The summed E-state index contributed by atoms with van der Waals surface area (Å²) in [6, 6.07) is 15.2. The Morgan fingerprint density at radius 1 is 1.06 bits per heavy atom. The van der Waals surface area contributed by atoms with Crippen molar-refractivity contribution in [1.29, 1.82) is 0 Å². The highest BCUT2D eigenvalue weighted by molar-refractivity contribution is 5.86. The van der Waals surface area contributed by atoms with Crippen molar-refractivity contribution in [2.24, 2.45) is 5.92 Å². The van der Waals surface area contributed by atoms with Crippen molar-refractivity contribution in [2.75, 3.05) is 19.7 Å². The molecule has 180 valence electrons. The number of fused-ring (bicyclic) bond motifs is 3. The van der Waals surface area contributed by atoms with Crippen LogP contribution in [0, 0.1) is 5.92 Å². The first-order chi connectivity index (χ1) is 16.4. The van der Waals surface area contributed by atoms with Gasteiger partial charge in [-0.2, -0.15) is 0 Å². The molecular weight excluding hydrogens is 436 g/mol. The number of amides is 2. The summed E-state index contributed by atoms with van der Waals surface area (Å²) < 4.78 is 5.57. The molecule has 1 aliphatic heterocycles. The topological polar surface area (TPSA) is 116 Å². The number of likely N-dealkylation sites (tertiary alicyclic amines) is 1. The first-order valence-electron chi connectivity index (χ1n) is 11.7. The van der Waals surface area contributed by atoms with Crippen LogP contribution in [-0.2, 0) is 14.3 Å². The van der Waals surface area contributed by atoms with Gasteiger partial charge >= 0.3 is 12.1 Å². The SMILES string of the molecule is CCC[C@@H](NC(=O)OCC1c2ccccc2-c2ccccc21)C(=O)N1CC(O)CC(C(=O)O)C1. The summed E-state index contributed by atoms with van der Waals surface area (Å²) >= 11 is 0. The molecule has 2 aliphatic rings. The minimum Gasteiger partial charge on any atom is -0.481 e. The number of nitrogens with zero attached hydrogens (tertiary/aromatic N) is 1. The molecule has 0 aromatic heterocycles. The highest BCUT2D eigenvalue weighted by Crippen LogP contribution is 2.44. The van der Waals surface area contributed by atoms with Crippen LogP contribution < -0.4 is 5.32 Å². The van der Waals surface area contributed by atoms with Gasteiger partial charge in [0.25, 0.3) is 0 Å². The molecule has 0 radical (unpaired) electrons. The number of carbonyl (C=O) groups is 3. The zero-order valence-electron chi connectivity index (χ0n) is 19.1. The van der Waals surface area contributed by atoms with Gasteiger partial charge in [0.05, 0.1) is 12.0 Å². The second-order valence-corrected chi connectivity index (χ2v) is 8.98. The van der Waals surface area contributed by atoms with Crippen molar-refractivity contribution in [1.82, 2.24) is 10.2 Å². The van der Waals surface area contributed by atoms with E-state index in [9.17, 15) is 24.6 Å². The third kappa shape index (κ3) is 4.92. The Hall–Kier alpha value is -3.39. The minimum atomic E-state index is -1.05. The van der Waals surface area contributed by atoms with Crippen molar-refractivity contribution >= 4 is 18.0 Å². The second-order valence-electron chi connectivity index (χ2n) is 8.98. The summed E-state index contributed by atoms with van der Waals surface area (Å²) in [5, 5.41) is 22.0. The molecule has 2 amide bonds. The molecule has 4 rings (SSSR count). The van der Waals surface area contributed by atoms with Crippen LogP contribution in [0.15, 0.2) is 48.5 Å². The number of β-amino-alcohol motifs (C(OH)–C–C–N with tert-alkyl or cyclic N) is 1. The Kier molecular flexibility index (Phi) is 7.17. The number of hydrogen-bond donors (Lipinski definition) is 3. The van der Waals surface area contributed by atoms with Gasteiger partial charge in [0.2, 0.25) is 5.91 Å². The molecule has 1 heterocycles. The van der Waals surface area contributed by atoms with Gasteiger partial charge < -0.3 is 25.2 Å². The normalized spacial score (nSPS) is 20.2. The lowest BCUT2D eigenvalue weighted by atomic mass is 9.95. The lowest BCUT2D eigenvalue weighted by Crippen LogP contribution is -2.55. The monoisotopic (exact) mass is 466 g/mol. The summed E-state index contributed by atoms with van der Waals surface area (Å²) in [6.07, 6.45) is -0.472. The maximum atomic E-state index is 13.1. The van der Waals surface area contributed by atoms with Gasteiger partial charge in [0, 0.05) is 19.0 Å². The Bertz CT molecular complexity index is 1030. The quantitative estimate of drug-likeness (QED) is 0.578. The van der Waals surface area contributed by atoms with Gasteiger partial charge in [-0.1, -0.05) is 61.9 Å². The fourth-order valence-electron chi connectivity index (χ4n) is 4.98. The molecule has 2 aromatic rings. The molecule has 3 atom stereocenters. The van der Waals surface area contributed by atoms with E-state index in [-0.39, 0.29) is 32.0 Å². The Morgan fingerprint density at radius 3 is 2.26 bits per heavy atom. The molecule has 2 unspecified atom stereocenters. The van der Waals surface area contributed by atoms with Crippen molar-refractivity contribution in [3.05, 3.63) is 59.7 Å². The molecule has 3 N–H and O–H groups in total. The number of aliphatic carboxylic acids is 1. The van der Waals surface area contributed by atoms with E-state index in [1.165, 1.54) is 4.90 Å². The number of alkyl carbamates (subject to hydrolysis) is 1. The fourth-order valence-corrected chi connectivity index (χ4v) is 4.98. The molecule has 8 heteroatoms. The van der Waals surface area contributed by atoms with Crippen LogP contribution in [0.4, 0.5) is 4.79 Å². The van der Waals surface area contributed by atoms with E-state index in [0.29, 0.717) is 12.8 Å². The van der Waals surface area contributed by atoms with Crippen molar-refractivity contribution in [2.45, 2.75) is 44.2 Å². The van der Waals surface area contributed by atoms with Gasteiger partial charge in [-0.05, 0) is 35.1 Å². The lowest BCUT2D eigenvalue weighted by molar-refractivity contribution is -0.149. The van der Waals surface area contributed by atoms with E-state index < -0.39 is 36.0 Å². The van der Waals surface area contributed by atoms with Crippen LogP contribution in [0.2, 0.25) is 0 Å². The maximum absolute atomic E-state index is 13.1. The first kappa shape index (κ1) is 23.8. The smallest absolute Gasteiger partial charge is 0.407 e. The number of piperidine rings is 1. The number of carbonyl (C=O) groups excluding carboxylic acids is 2. The molecule has 0 bridgehead atoms. The highest BCUT2D eigenvalue weighted by Gasteiger charge is 2.36. The molecular formula is C26H30N2O6. The first-order valence-corrected chi connectivity index (χ1v) is 11.7. The van der Waals surface area contributed by atoms with E-state index in [1.807, 2.05) is 43.3 Å². The van der Waals surface area contributed by atoms with Gasteiger partial charge in [-0.15, -0.1) is 0 Å². The average molecular weight is 467 g/mol. The van der Waals surface area contributed by atoms with Crippen LogP contribution in [0.25, 0.3) is 11.1 Å². The predicted molar refractivity (Wildman–Crippen MR) is 125 cm³/mol. The second kappa shape index (κ2) is 10.3. The highest BCUT2D eigenvalue weighted by atomic mass is 16.5. The number of hydrogen-bond acceptors (Lipinski definition) is 5. The van der Waals surface area contributed by atoms with Crippen molar-refractivity contribution in [3.8, 4) is 11.1 Å². The lowest BCUT2D eigenvalue weighted by Gasteiger charge is -2.36. The zero-order valence-corrected chi connectivity index (χ0v) is 19.1. The number of aliphatic hydroxyl groups is 1. The number of aliphatic hydroxyl groups excluding tert-OH is 1. The van der Waals surface area contributed by atoms with Crippen molar-refractivity contribution < 1.29 is 29.3 Å². The largest absolute Gasteiger partial charge is 0.481 e. The number of rotatable bonds is 7. The number of carboxylic acids is 1. The van der Waals surface area contributed by atoms with E-state index in [0.717, 1.165) is 22.3 Å². The third-order valence-electron chi connectivity index (χ3n) is 6.60. The molecule has 0 spiro atoms. The number of ether oxygens (including phenoxy) is 1. The van der Waals surface area contributed by atoms with E-state index in [2.05, 4.69) is 17.4 Å². The van der Waals surface area contributed by atoms with E-state index >= 15 is 0 Å². The number of benzene rings is 2. The third-order valence-corrected chi connectivity index (χ3v) is 6.60. The fraction of sp³-hybridized carbons (Fsp3) is 0.423. The van der Waals surface area contributed by atoms with Gasteiger partial charge in [-0.25, -0.2) is 4.79 Å². The zero-order chi connectivity index (χ0) is 24.2. The summed E-state index contributed by atoms with van der Waals surface area (Å²) in [5.41, 5.74) is 4.45. The molecule has 1 aliphatic carbocycles. The Balaban J connectivity index is 1.41. The maximum Gasteiger partial charge on any atom is 0.407 e. The summed E-state index contributed by atoms with van der Waals surface area (Å²) in [6.45, 7) is 2.09. The summed E-state index contributed by atoms with van der Waals surface area (Å²) in [7, 11) is 0. The van der Waals surface area contributed by atoms with Crippen LogP contribution in [0.1, 0.15) is 43.2 Å². The van der Waals surface area contributed by atoms with E-state index in [1.54, 1.807) is 0 Å². The molecule has 1 fully saturated rings. The number of carboxylic acid groups (broad SMARTS) is 1. The standard InChI is InChI=1S/C26H30N2O6/c1-2-7-23(24(30)28-13-16(25(31)32)12-17(29)14-28)27-26(33)34-15-22-20-10-5-3-8-18(20)19-9-4-6-11-21(19)22/h3-6,8-11,16-17,22-23,29H,2,7,12-15H2,1H3,(H,27,33)(H,31,32)/t16?,17?,23-/m1/s1. The van der Waals surface area contributed by atoms with Gasteiger partial charge in [-0.3, -0.25) is 9.59 Å². The van der Waals surface area contributed by atoms with Crippen LogP contribution >= 0.6 is 0 Å². The van der Waals surface area contributed by atoms with Crippen LogP contribution in [0.5, 0.6) is 0 Å². The minimum absolute atomic E-state index is 0.0117. The molecule has 1 saturated heterocycles. The Labute approximate surface area is 198 Å². The molecule has 34 heavy (non-hydrogen) atoms. The average Bonchev–Trinajstić information content (AvgIpc) is 3.15. The molecule has 8 nitrogen and oxygen atoms in total. The predicted octanol–water partition coefficient (Wildman–Crippen LogP) is 2.99. The molecule has 0 saturated carbocycles. The van der Waals surface area contributed by atoms with Crippen LogP contribution in [0.3, 0.4) is 0 Å². The Morgan fingerprint density at radius 2 is 1.68 bits per heavy atom. The van der Waals surface area contributed by atoms with E-state index in [4.69, 9.17) is 4.74 Å². The molecule has 2 aromatic carbocycles. The van der Waals surface area contributed by atoms with Crippen LogP contribution in [-0.4, -0.2) is 64.9 Å². The summed E-state index contributed by atoms with van der Waals surface area (Å²) in [5.74, 6) is -2.37. The van der Waals surface area contributed by atoms with Gasteiger partial charge in [0.15, 0.2) is 0 Å². The van der Waals surface area contributed by atoms with Crippen molar-refractivity contribution in [3.63, 3.8) is 0 Å².